The second-order valence-electron chi connectivity index (χ2n) is 4.41. The van der Waals surface area contributed by atoms with Gasteiger partial charge in [0, 0.05) is 32.4 Å². The van der Waals surface area contributed by atoms with Crippen LogP contribution in [0.15, 0.2) is 12.5 Å². The molecule has 0 saturated heterocycles. The number of carboxylic acids is 1. The Morgan fingerprint density at radius 2 is 2.32 bits per heavy atom. The lowest BCUT2D eigenvalue weighted by Crippen LogP contribution is -2.35. The third kappa shape index (κ3) is 4.57. The van der Waals surface area contributed by atoms with E-state index in [1.165, 1.54) is 12.5 Å². The number of carboxylic acid groups (broad SMARTS) is 1. The van der Waals surface area contributed by atoms with Gasteiger partial charge in [0.1, 0.15) is 11.9 Å². The summed E-state index contributed by atoms with van der Waals surface area (Å²) < 4.78 is 5.09. The van der Waals surface area contributed by atoms with Crippen LogP contribution in [0.3, 0.4) is 0 Å². The zero-order chi connectivity index (χ0) is 14.3. The maximum absolute atomic E-state index is 11.1. The predicted molar refractivity (Wildman–Crippen MR) is 71.0 cm³/mol. The van der Waals surface area contributed by atoms with E-state index < -0.39 is 5.97 Å². The monoisotopic (exact) mass is 267 g/mol. The van der Waals surface area contributed by atoms with Crippen LogP contribution >= 0.6 is 0 Å². The van der Waals surface area contributed by atoms with E-state index in [1.807, 2.05) is 0 Å². The normalized spacial score (nSPS) is 12.6. The molecule has 0 aliphatic rings. The first-order chi connectivity index (χ1) is 9.10. The summed E-state index contributed by atoms with van der Waals surface area (Å²) in [6.07, 6.45) is 3.71. The Hall–Kier alpha value is -1.53. The van der Waals surface area contributed by atoms with E-state index in [0.717, 1.165) is 13.0 Å². The van der Waals surface area contributed by atoms with Crippen LogP contribution < -0.4 is 0 Å². The number of aromatic nitrogens is 2. The standard InChI is InChI=1S/C13H21N3O3/c1-4-10(2)16(5-6-19-3)8-12-11(13(17)18)7-14-9-15-12/h7,9-10H,4-6,8H2,1-3H3,(H,17,18). The van der Waals surface area contributed by atoms with Crippen molar-refractivity contribution in [1.82, 2.24) is 14.9 Å². The lowest BCUT2D eigenvalue weighted by Gasteiger charge is -2.28. The Bertz CT molecular complexity index is 412. The molecule has 0 saturated carbocycles. The lowest BCUT2D eigenvalue weighted by molar-refractivity contribution is 0.0690. The minimum absolute atomic E-state index is 0.160. The maximum Gasteiger partial charge on any atom is 0.339 e. The van der Waals surface area contributed by atoms with Crippen molar-refractivity contribution in [2.75, 3.05) is 20.3 Å². The van der Waals surface area contributed by atoms with Gasteiger partial charge >= 0.3 is 5.97 Å². The minimum Gasteiger partial charge on any atom is -0.478 e. The van der Waals surface area contributed by atoms with Crippen LogP contribution in [0.2, 0.25) is 0 Å². The molecule has 6 heteroatoms. The number of rotatable bonds is 8. The fraction of sp³-hybridized carbons (Fsp3) is 0.615. The van der Waals surface area contributed by atoms with E-state index in [2.05, 4.69) is 28.7 Å². The highest BCUT2D eigenvalue weighted by molar-refractivity contribution is 5.88. The average molecular weight is 267 g/mol. The molecule has 1 aromatic heterocycles. The smallest absolute Gasteiger partial charge is 0.339 e. The van der Waals surface area contributed by atoms with E-state index in [9.17, 15) is 4.79 Å². The second-order valence-corrected chi connectivity index (χ2v) is 4.41. The molecular weight excluding hydrogens is 246 g/mol. The summed E-state index contributed by atoms with van der Waals surface area (Å²) >= 11 is 0. The molecule has 106 valence electrons. The highest BCUT2D eigenvalue weighted by Crippen LogP contribution is 2.12. The van der Waals surface area contributed by atoms with Gasteiger partial charge in [-0.2, -0.15) is 0 Å². The van der Waals surface area contributed by atoms with Crippen LogP contribution in [0, 0.1) is 0 Å². The zero-order valence-electron chi connectivity index (χ0n) is 11.7. The molecule has 1 heterocycles. The predicted octanol–water partition coefficient (Wildman–Crippen LogP) is 1.42. The minimum atomic E-state index is -0.994. The topological polar surface area (TPSA) is 75.5 Å². The molecule has 1 aromatic rings. The van der Waals surface area contributed by atoms with Crippen molar-refractivity contribution in [2.24, 2.45) is 0 Å². The third-order valence-electron chi connectivity index (χ3n) is 3.17. The second kappa shape index (κ2) is 7.81. The molecule has 0 aliphatic heterocycles. The molecule has 0 radical (unpaired) electrons. The summed E-state index contributed by atoms with van der Waals surface area (Å²) in [6.45, 7) is 6.05. The van der Waals surface area contributed by atoms with Gasteiger partial charge in [0.25, 0.3) is 0 Å². The van der Waals surface area contributed by atoms with Crippen molar-refractivity contribution in [3.05, 3.63) is 23.8 Å². The molecule has 0 fully saturated rings. The van der Waals surface area contributed by atoms with Crippen LogP contribution in [0.1, 0.15) is 36.3 Å². The van der Waals surface area contributed by atoms with Gasteiger partial charge < -0.3 is 9.84 Å². The maximum atomic E-state index is 11.1. The van der Waals surface area contributed by atoms with Crippen molar-refractivity contribution in [2.45, 2.75) is 32.9 Å². The summed E-state index contributed by atoms with van der Waals surface area (Å²) in [6, 6.07) is 0.340. The number of hydrogen-bond acceptors (Lipinski definition) is 5. The molecule has 1 atom stereocenters. The quantitative estimate of drug-likeness (QED) is 0.767. The summed E-state index contributed by atoms with van der Waals surface area (Å²) in [5, 5.41) is 9.13. The SMILES string of the molecule is CCC(C)N(CCOC)Cc1ncncc1C(=O)O. The molecule has 0 aromatic carbocycles. The van der Waals surface area contributed by atoms with Crippen molar-refractivity contribution in [3.8, 4) is 0 Å². The molecule has 1 unspecified atom stereocenters. The fourth-order valence-corrected chi connectivity index (χ4v) is 1.77. The molecule has 6 nitrogen and oxygen atoms in total. The molecule has 1 rings (SSSR count). The van der Waals surface area contributed by atoms with Gasteiger partial charge in [-0.1, -0.05) is 6.92 Å². The summed E-state index contributed by atoms with van der Waals surface area (Å²) in [7, 11) is 1.65. The van der Waals surface area contributed by atoms with Crippen LogP contribution in [0.4, 0.5) is 0 Å². The Balaban J connectivity index is 2.86. The van der Waals surface area contributed by atoms with E-state index in [0.29, 0.717) is 24.9 Å². The zero-order valence-corrected chi connectivity index (χ0v) is 11.7. The Labute approximate surface area is 113 Å². The van der Waals surface area contributed by atoms with Crippen molar-refractivity contribution in [1.29, 1.82) is 0 Å². The van der Waals surface area contributed by atoms with Crippen molar-refractivity contribution >= 4 is 5.97 Å². The summed E-state index contributed by atoms with van der Waals surface area (Å²) in [5.41, 5.74) is 0.701. The number of nitrogens with zero attached hydrogens (tertiary/aromatic N) is 3. The van der Waals surface area contributed by atoms with Gasteiger partial charge in [-0.3, -0.25) is 4.90 Å². The van der Waals surface area contributed by atoms with Crippen LogP contribution in [-0.2, 0) is 11.3 Å². The number of aromatic carboxylic acids is 1. The highest BCUT2D eigenvalue weighted by atomic mass is 16.5. The number of methoxy groups -OCH3 is 1. The largest absolute Gasteiger partial charge is 0.478 e. The number of carbonyl (C=O) groups is 1. The number of hydrogen-bond donors (Lipinski definition) is 1. The lowest BCUT2D eigenvalue weighted by atomic mass is 10.1. The van der Waals surface area contributed by atoms with E-state index in [1.54, 1.807) is 7.11 Å². The van der Waals surface area contributed by atoms with Gasteiger partial charge in [0.05, 0.1) is 12.3 Å². The number of ether oxygens (including phenoxy) is 1. The summed E-state index contributed by atoms with van der Waals surface area (Å²) in [5.74, 6) is -0.994. The van der Waals surface area contributed by atoms with E-state index >= 15 is 0 Å². The van der Waals surface area contributed by atoms with Crippen molar-refractivity contribution in [3.63, 3.8) is 0 Å². The van der Waals surface area contributed by atoms with Crippen LogP contribution in [-0.4, -0.2) is 52.2 Å². The molecule has 0 aliphatic carbocycles. The molecule has 0 bridgehead atoms. The van der Waals surface area contributed by atoms with Gasteiger partial charge in [0.2, 0.25) is 0 Å². The first kappa shape index (κ1) is 15.5. The van der Waals surface area contributed by atoms with Crippen LogP contribution in [0.25, 0.3) is 0 Å². The van der Waals surface area contributed by atoms with E-state index in [4.69, 9.17) is 9.84 Å². The van der Waals surface area contributed by atoms with Crippen molar-refractivity contribution < 1.29 is 14.6 Å². The fourth-order valence-electron chi connectivity index (χ4n) is 1.77. The first-order valence-corrected chi connectivity index (χ1v) is 6.35. The Morgan fingerprint density at radius 3 is 2.89 bits per heavy atom. The molecule has 19 heavy (non-hydrogen) atoms. The average Bonchev–Trinajstić information content (AvgIpc) is 2.42. The van der Waals surface area contributed by atoms with Gasteiger partial charge in [0.15, 0.2) is 0 Å². The van der Waals surface area contributed by atoms with Gasteiger partial charge in [-0.05, 0) is 13.3 Å². The van der Waals surface area contributed by atoms with E-state index in [-0.39, 0.29) is 5.56 Å². The van der Waals surface area contributed by atoms with Gasteiger partial charge in [-0.25, -0.2) is 14.8 Å². The Morgan fingerprint density at radius 1 is 1.58 bits per heavy atom. The summed E-state index contributed by atoms with van der Waals surface area (Å²) in [4.78, 5) is 21.2. The molecule has 0 amide bonds. The van der Waals surface area contributed by atoms with Gasteiger partial charge in [-0.15, -0.1) is 0 Å². The third-order valence-corrected chi connectivity index (χ3v) is 3.17. The molecular formula is C13H21N3O3. The molecule has 0 spiro atoms. The first-order valence-electron chi connectivity index (χ1n) is 6.35. The Kier molecular flexibility index (Phi) is 6.38. The van der Waals surface area contributed by atoms with Crippen LogP contribution in [0.5, 0.6) is 0 Å². The molecule has 1 N–H and O–H groups in total. The highest BCUT2D eigenvalue weighted by Gasteiger charge is 2.18.